The Labute approximate surface area is 101 Å². The summed E-state index contributed by atoms with van der Waals surface area (Å²) < 4.78 is 5.62. The average Bonchev–Trinajstić information content (AvgIpc) is 2.28. The first kappa shape index (κ1) is 11.8. The maximum atomic E-state index is 10.8. The van der Waals surface area contributed by atoms with Gasteiger partial charge in [0.15, 0.2) is 0 Å². The van der Waals surface area contributed by atoms with Crippen molar-refractivity contribution in [1.82, 2.24) is 0 Å². The highest BCUT2D eigenvalue weighted by molar-refractivity contribution is 5.70. The van der Waals surface area contributed by atoms with Crippen molar-refractivity contribution < 1.29 is 14.6 Å². The van der Waals surface area contributed by atoms with E-state index in [-0.39, 0.29) is 12.5 Å². The zero-order chi connectivity index (χ0) is 12.4. The van der Waals surface area contributed by atoms with Gasteiger partial charge in [0.1, 0.15) is 12.4 Å². The molecule has 1 aromatic carbocycles. The fourth-order valence-corrected chi connectivity index (χ4v) is 2.25. The number of aryl methyl sites for hydroxylation is 1. The molecule has 17 heavy (non-hydrogen) atoms. The molecule has 1 aliphatic rings. The summed E-state index contributed by atoms with van der Waals surface area (Å²) in [4.78, 5) is 12.9. The number of rotatable bonds is 3. The summed E-state index contributed by atoms with van der Waals surface area (Å²) in [6, 6.07) is 5.92. The van der Waals surface area contributed by atoms with E-state index in [1.54, 1.807) is 0 Å². The molecule has 1 aromatic rings. The molecule has 1 N–H and O–H groups in total. The van der Waals surface area contributed by atoms with Gasteiger partial charge in [-0.2, -0.15) is 0 Å². The van der Waals surface area contributed by atoms with Crippen LogP contribution >= 0.6 is 0 Å². The average molecular weight is 235 g/mol. The minimum absolute atomic E-state index is 0.0770. The monoisotopic (exact) mass is 235 g/mol. The largest absolute Gasteiger partial charge is 0.489 e. The summed E-state index contributed by atoms with van der Waals surface area (Å²) in [5.74, 6) is 0.0623. The minimum Gasteiger partial charge on any atom is -0.489 e. The number of aliphatic carboxylic acids is 1. The first-order valence-corrected chi connectivity index (χ1v) is 5.83. The summed E-state index contributed by atoms with van der Waals surface area (Å²) in [5.41, 5.74) is 2.16. The molecule has 0 aliphatic carbocycles. The second kappa shape index (κ2) is 4.65. The molecule has 1 unspecified atom stereocenters. The lowest BCUT2D eigenvalue weighted by Gasteiger charge is -2.37. The Balaban J connectivity index is 2.31. The molecule has 0 amide bonds. The third kappa shape index (κ3) is 2.35. The fraction of sp³-hybridized carbons (Fsp3) is 0.462. The number of carboxylic acids is 1. The topological polar surface area (TPSA) is 49.8 Å². The highest BCUT2D eigenvalue weighted by atomic mass is 16.5. The third-order valence-corrected chi connectivity index (χ3v) is 3.05. The summed E-state index contributed by atoms with van der Waals surface area (Å²) >= 11 is 0. The number of carboxylic acid groups (broad SMARTS) is 1. The van der Waals surface area contributed by atoms with Crippen LogP contribution in [0.4, 0.5) is 5.69 Å². The number of carbonyl (C=O) groups is 1. The van der Waals surface area contributed by atoms with Crippen LogP contribution in [-0.2, 0) is 4.79 Å². The van der Waals surface area contributed by atoms with Crippen LogP contribution in [-0.4, -0.2) is 30.3 Å². The molecule has 1 heterocycles. The second-order valence-corrected chi connectivity index (χ2v) is 4.32. The van der Waals surface area contributed by atoms with Gasteiger partial charge in [-0.05, 0) is 31.5 Å². The van der Waals surface area contributed by atoms with Crippen molar-refractivity contribution >= 4 is 11.7 Å². The lowest BCUT2D eigenvalue weighted by Crippen LogP contribution is -2.44. The number of likely N-dealkylation sites (N-methyl/N-ethyl adjacent to an activating group) is 1. The molecule has 0 radical (unpaired) electrons. The molecule has 0 aromatic heterocycles. The highest BCUT2D eigenvalue weighted by Crippen LogP contribution is 2.35. The Hall–Kier alpha value is -1.71. The zero-order valence-electron chi connectivity index (χ0n) is 10.1. The molecule has 0 saturated carbocycles. The van der Waals surface area contributed by atoms with E-state index < -0.39 is 5.97 Å². The van der Waals surface area contributed by atoms with Gasteiger partial charge in [0.2, 0.25) is 0 Å². The number of nitrogens with zero attached hydrogens (tertiary/aromatic N) is 1. The van der Waals surface area contributed by atoms with Gasteiger partial charge in [0.25, 0.3) is 0 Å². The SMILES string of the molecule is CCN1c2cc(C)ccc2OCC1CC(=O)O. The Morgan fingerprint density at radius 3 is 3.00 bits per heavy atom. The van der Waals surface area contributed by atoms with Crippen LogP contribution in [0.3, 0.4) is 0 Å². The first-order chi connectivity index (χ1) is 8.11. The number of benzene rings is 1. The van der Waals surface area contributed by atoms with Gasteiger partial charge < -0.3 is 14.7 Å². The van der Waals surface area contributed by atoms with E-state index in [0.29, 0.717) is 6.61 Å². The Morgan fingerprint density at radius 2 is 2.35 bits per heavy atom. The Morgan fingerprint density at radius 1 is 1.59 bits per heavy atom. The van der Waals surface area contributed by atoms with E-state index in [1.807, 2.05) is 32.0 Å². The molecule has 0 saturated heterocycles. The van der Waals surface area contributed by atoms with Crippen LogP contribution in [0.2, 0.25) is 0 Å². The van der Waals surface area contributed by atoms with E-state index in [2.05, 4.69) is 4.90 Å². The van der Waals surface area contributed by atoms with Crippen molar-refractivity contribution in [3.63, 3.8) is 0 Å². The van der Waals surface area contributed by atoms with Crippen LogP contribution in [0.1, 0.15) is 18.9 Å². The summed E-state index contributed by atoms with van der Waals surface area (Å²) in [7, 11) is 0. The number of ether oxygens (including phenoxy) is 1. The molecule has 92 valence electrons. The maximum Gasteiger partial charge on any atom is 0.305 e. The Kier molecular flexibility index (Phi) is 3.22. The molecule has 0 fully saturated rings. The molecule has 2 rings (SSSR count). The quantitative estimate of drug-likeness (QED) is 0.871. The van der Waals surface area contributed by atoms with Crippen molar-refractivity contribution in [3.8, 4) is 5.75 Å². The maximum absolute atomic E-state index is 10.8. The zero-order valence-corrected chi connectivity index (χ0v) is 10.1. The van der Waals surface area contributed by atoms with Crippen molar-refractivity contribution in [2.24, 2.45) is 0 Å². The van der Waals surface area contributed by atoms with Gasteiger partial charge in [-0.1, -0.05) is 6.07 Å². The van der Waals surface area contributed by atoms with Gasteiger partial charge in [-0.3, -0.25) is 4.79 Å². The molecule has 4 nitrogen and oxygen atoms in total. The summed E-state index contributed by atoms with van der Waals surface area (Å²) in [6.45, 7) is 5.29. The van der Waals surface area contributed by atoms with Crippen LogP contribution in [0.15, 0.2) is 18.2 Å². The van der Waals surface area contributed by atoms with Crippen molar-refractivity contribution in [1.29, 1.82) is 0 Å². The third-order valence-electron chi connectivity index (χ3n) is 3.05. The molecular weight excluding hydrogens is 218 g/mol. The number of anilines is 1. The van der Waals surface area contributed by atoms with Crippen LogP contribution < -0.4 is 9.64 Å². The Bertz CT molecular complexity index is 431. The smallest absolute Gasteiger partial charge is 0.305 e. The van der Waals surface area contributed by atoms with Gasteiger partial charge >= 0.3 is 5.97 Å². The van der Waals surface area contributed by atoms with E-state index in [4.69, 9.17) is 9.84 Å². The van der Waals surface area contributed by atoms with Crippen molar-refractivity contribution in [2.75, 3.05) is 18.1 Å². The lowest BCUT2D eigenvalue weighted by atomic mass is 10.1. The molecule has 0 spiro atoms. The van der Waals surface area contributed by atoms with E-state index in [1.165, 1.54) is 0 Å². The van der Waals surface area contributed by atoms with Crippen molar-refractivity contribution in [3.05, 3.63) is 23.8 Å². The summed E-state index contributed by atoms with van der Waals surface area (Å²) in [5, 5.41) is 8.90. The standard InChI is InChI=1S/C13H17NO3/c1-3-14-10(7-13(15)16)8-17-12-5-4-9(2)6-11(12)14/h4-6,10H,3,7-8H2,1-2H3,(H,15,16). The molecular formula is C13H17NO3. The number of fused-ring (bicyclic) bond motifs is 1. The van der Waals surface area contributed by atoms with Gasteiger partial charge in [0.05, 0.1) is 18.2 Å². The van der Waals surface area contributed by atoms with Gasteiger partial charge in [-0.15, -0.1) is 0 Å². The number of hydrogen-bond acceptors (Lipinski definition) is 3. The van der Waals surface area contributed by atoms with Crippen LogP contribution in [0.25, 0.3) is 0 Å². The second-order valence-electron chi connectivity index (χ2n) is 4.32. The van der Waals surface area contributed by atoms with Gasteiger partial charge in [-0.25, -0.2) is 0 Å². The van der Waals surface area contributed by atoms with E-state index >= 15 is 0 Å². The van der Waals surface area contributed by atoms with Crippen LogP contribution in [0.5, 0.6) is 5.75 Å². The van der Waals surface area contributed by atoms with Crippen LogP contribution in [0, 0.1) is 6.92 Å². The summed E-state index contributed by atoms with van der Waals surface area (Å²) in [6.07, 6.45) is 0.112. The predicted molar refractivity (Wildman–Crippen MR) is 65.7 cm³/mol. The predicted octanol–water partition coefficient (Wildman–Crippen LogP) is 2.06. The normalized spacial score (nSPS) is 18.5. The fourth-order valence-electron chi connectivity index (χ4n) is 2.25. The van der Waals surface area contributed by atoms with E-state index in [9.17, 15) is 4.79 Å². The van der Waals surface area contributed by atoms with Crippen molar-refractivity contribution in [2.45, 2.75) is 26.3 Å². The minimum atomic E-state index is -0.784. The lowest BCUT2D eigenvalue weighted by molar-refractivity contribution is -0.137. The highest BCUT2D eigenvalue weighted by Gasteiger charge is 2.28. The molecule has 4 heteroatoms. The molecule has 1 aliphatic heterocycles. The molecule has 1 atom stereocenters. The first-order valence-electron chi connectivity index (χ1n) is 5.83. The number of hydrogen-bond donors (Lipinski definition) is 1. The van der Waals surface area contributed by atoms with E-state index in [0.717, 1.165) is 23.5 Å². The molecule has 0 bridgehead atoms. The van der Waals surface area contributed by atoms with Gasteiger partial charge in [0, 0.05) is 6.54 Å².